The third-order valence-electron chi connectivity index (χ3n) is 2.42. The van der Waals surface area contributed by atoms with Gasteiger partial charge in [-0.15, -0.1) is 11.8 Å². The molecule has 1 fully saturated rings. The first kappa shape index (κ1) is 13.2. The average Bonchev–Trinajstić information content (AvgIpc) is 2.23. The van der Waals surface area contributed by atoms with Crippen LogP contribution in [0.2, 0.25) is 0 Å². The van der Waals surface area contributed by atoms with Crippen molar-refractivity contribution in [2.45, 2.75) is 36.8 Å². The first-order chi connectivity index (χ1) is 7.15. The minimum Gasteiger partial charge on any atom is -0.394 e. The van der Waals surface area contributed by atoms with E-state index in [1.807, 2.05) is 6.92 Å². The van der Waals surface area contributed by atoms with Gasteiger partial charge in [0.05, 0.1) is 6.61 Å². The minimum absolute atomic E-state index is 0.283. The van der Waals surface area contributed by atoms with Crippen LogP contribution in [0.4, 0.5) is 0 Å². The third-order valence-corrected chi connectivity index (χ3v) is 3.48. The molecule has 0 aromatic heterocycles. The summed E-state index contributed by atoms with van der Waals surface area (Å²) >= 11 is 1.43. The van der Waals surface area contributed by atoms with Crippen LogP contribution < -0.4 is 0 Å². The Balaban J connectivity index is 2.70. The van der Waals surface area contributed by atoms with E-state index in [0.29, 0.717) is 0 Å². The van der Waals surface area contributed by atoms with Crippen LogP contribution in [-0.2, 0) is 9.47 Å². The molecular formula is C9H18O5S. The van der Waals surface area contributed by atoms with Gasteiger partial charge in [0.15, 0.2) is 0 Å². The Labute approximate surface area is 93.4 Å². The van der Waals surface area contributed by atoms with Crippen molar-refractivity contribution in [2.24, 2.45) is 0 Å². The zero-order valence-electron chi connectivity index (χ0n) is 8.87. The molecule has 90 valence electrons. The molecule has 0 radical (unpaired) electrons. The van der Waals surface area contributed by atoms with Crippen molar-refractivity contribution in [1.82, 2.24) is 0 Å². The highest BCUT2D eigenvalue weighted by atomic mass is 32.2. The highest BCUT2D eigenvalue weighted by Crippen LogP contribution is 2.29. The molecular weight excluding hydrogens is 220 g/mol. The van der Waals surface area contributed by atoms with Crippen molar-refractivity contribution in [2.75, 3.05) is 19.5 Å². The van der Waals surface area contributed by atoms with Gasteiger partial charge in [0.1, 0.15) is 29.9 Å². The number of hydrogen-bond acceptors (Lipinski definition) is 6. The quantitative estimate of drug-likeness (QED) is 0.595. The predicted molar refractivity (Wildman–Crippen MR) is 56.7 cm³/mol. The Hall–Kier alpha value is 0.150. The molecule has 0 aromatic rings. The summed E-state index contributed by atoms with van der Waals surface area (Å²) < 4.78 is 10.4. The molecule has 0 amide bonds. The van der Waals surface area contributed by atoms with Gasteiger partial charge in [-0.1, -0.05) is 6.92 Å². The number of hydrogen-bond donors (Lipinski definition) is 3. The fraction of sp³-hybridized carbons (Fsp3) is 1.00. The molecule has 0 saturated carbocycles. The molecule has 1 aliphatic heterocycles. The second-order valence-electron chi connectivity index (χ2n) is 3.36. The van der Waals surface area contributed by atoms with Crippen LogP contribution in [0.5, 0.6) is 0 Å². The lowest BCUT2D eigenvalue weighted by Gasteiger charge is -2.41. The molecule has 5 nitrogen and oxygen atoms in total. The predicted octanol–water partition coefficient (Wildman–Crippen LogP) is -0.807. The molecule has 6 heteroatoms. The van der Waals surface area contributed by atoms with Crippen LogP contribution in [0.3, 0.4) is 0 Å². The van der Waals surface area contributed by atoms with E-state index >= 15 is 0 Å². The molecule has 1 rings (SSSR count). The summed E-state index contributed by atoms with van der Waals surface area (Å²) in [6, 6.07) is 0. The summed E-state index contributed by atoms with van der Waals surface area (Å²) in [7, 11) is 1.42. The maximum Gasteiger partial charge on any atom is 0.132 e. The fourth-order valence-corrected chi connectivity index (χ4v) is 2.54. The van der Waals surface area contributed by atoms with Gasteiger partial charge in [-0.05, 0) is 5.75 Å². The van der Waals surface area contributed by atoms with E-state index in [-0.39, 0.29) is 6.61 Å². The van der Waals surface area contributed by atoms with Crippen LogP contribution in [-0.4, -0.2) is 64.6 Å². The van der Waals surface area contributed by atoms with Crippen LogP contribution >= 0.6 is 11.8 Å². The molecule has 0 aromatic carbocycles. The highest BCUT2D eigenvalue weighted by molar-refractivity contribution is 7.99. The van der Waals surface area contributed by atoms with E-state index in [4.69, 9.17) is 14.6 Å². The first-order valence-electron chi connectivity index (χ1n) is 4.92. The number of rotatable bonds is 4. The summed E-state index contributed by atoms with van der Waals surface area (Å²) in [5.74, 6) is 0.784. The van der Waals surface area contributed by atoms with Gasteiger partial charge >= 0.3 is 0 Å². The SMILES string of the molecule is CCS[C@@H]1OC(CO)[C@H](O)[C@H](OC)C1O. The molecule has 1 heterocycles. The number of methoxy groups -OCH3 is 1. The fourth-order valence-electron chi connectivity index (χ4n) is 1.63. The Morgan fingerprint density at radius 3 is 2.47 bits per heavy atom. The van der Waals surface area contributed by atoms with E-state index in [9.17, 15) is 10.2 Å². The van der Waals surface area contributed by atoms with Crippen LogP contribution in [0.25, 0.3) is 0 Å². The van der Waals surface area contributed by atoms with Gasteiger partial charge in [0, 0.05) is 7.11 Å². The van der Waals surface area contributed by atoms with E-state index in [1.165, 1.54) is 18.9 Å². The van der Waals surface area contributed by atoms with Crippen LogP contribution in [0.15, 0.2) is 0 Å². The van der Waals surface area contributed by atoms with Crippen molar-refractivity contribution in [3.8, 4) is 0 Å². The van der Waals surface area contributed by atoms with E-state index < -0.39 is 29.9 Å². The standard InChI is InChI=1S/C9H18O5S/c1-3-15-9-7(12)8(13-2)6(11)5(4-10)14-9/h5-12H,3-4H2,1-2H3/t5?,6-,7?,8-,9-/m0/s1. The lowest BCUT2D eigenvalue weighted by atomic mass is 10.0. The van der Waals surface area contributed by atoms with Crippen molar-refractivity contribution in [3.63, 3.8) is 0 Å². The number of aliphatic hydroxyl groups excluding tert-OH is 3. The van der Waals surface area contributed by atoms with Crippen LogP contribution in [0.1, 0.15) is 6.92 Å². The van der Waals surface area contributed by atoms with Crippen LogP contribution in [0, 0.1) is 0 Å². The molecule has 15 heavy (non-hydrogen) atoms. The van der Waals surface area contributed by atoms with Gasteiger partial charge < -0.3 is 24.8 Å². The van der Waals surface area contributed by atoms with Gasteiger partial charge in [-0.25, -0.2) is 0 Å². The highest BCUT2D eigenvalue weighted by Gasteiger charge is 2.44. The number of thioether (sulfide) groups is 1. The normalized spacial score (nSPS) is 41.8. The van der Waals surface area contributed by atoms with Gasteiger partial charge in [0.2, 0.25) is 0 Å². The minimum atomic E-state index is -0.997. The Morgan fingerprint density at radius 1 is 1.33 bits per heavy atom. The summed E-state index contributed by atoms with van der Waals surface area (Å²) in [6.45, 7) is 1.66. The zero-order chi connectivity index (χ0) is 11.4. The van der Waals surface area contributed by atoms with Gasteiger partial charge in [-0.2, -0.15) is 0 Å². The molecule has 5 atom stereocenters. The molecule has 3 N–H and O–H groups in total. The topological polar surface area (TPSA) is 79.2 Å². The second-order valence-corrected chi connectivity index (χ2v) is 4.74. The molecule has 1 saturated heterocycles. The molecule has 0 bridgehead atoms. The summed E-state index contributed by atoms with van der Waals surface area (Å²) in [5.41, 5.74) is -0.458. The van der Waals surface area contributed by atoms with E-state index in [1.54, 1.807) is 0 Å². The monoisotopic (exact) mass is 238 g/mol. The smallest absolute Gasteiger partial charge is 0.132 e. The molecule has 2 unspecified atom stereocenters. The average molecular weight is 238 g/mol. The lowest BCUT2D eigenvalue weighted by molar-refractivity contribution is -0.213. The number of aliphatic hydroxyl groups is 3. The van der Waals surface area contributed by atoms with Gasteiger partial charge in [-0.3, -0.25) is 0 Å². The van der Waals surface area contributed by atoms with E-state index in [2.05, 4.69) is 0 Å². The summed E-state index contributed by atoms with van der Waals surface area (Å²) in [5, 5.41) is 28.6. The van der Waals surface area contributed by atoms with Gasteiger partial charge in [0.25, 0.3) is 0 Å². The number of ether oxygens (including phenoxy) is 2. The van der Waals surface area contributed by atoms with Crippen molar-refractivity contribution < 1.29 is 24.8 Å². The molecule has 1 aliphatic rings. The van der Waals surface area contributed by atoms with Crippen molar-refractivity contribution in [1.29, 1.82) is 0 Å². The summed E-state index contributed by atoms with van der Waals surface area (Å²) in [4.78, 5) is 0. The molecule has 0 aliphatic carbocycles. The van der Waals surface area contributed by atoms with E-state index in [0.717, 1.165) is 5.75 Å². The zero-order valence-corrected chi connectivity index (χ0v) is 9.68. The largest absolute Gasteiger partial charge is 0.394 e. The lowest BCUT2D eigenvalue weighted by Crippen LogP contribution is -2.58. The first-order valence-corrected chi connectivity index (χ1v) is 5.97. The maximum absolute atomic E-state index is 9.83. The summed E-state index contributed by atoms with van der Waals surface area (Å²) in [6.07, 6.45) is -3.27. The maximum atomic E-state index is 9.83. The second kappa shape index (κ2) is 6.03. The van der Waals surface area contributed by atoms with Crippen molar-refractivity contribution >= 4 is 11.8 Å². The third kappa shape index (κ3) is 2.83. The Morgan fingerprint density at radius 2 is 2.00 bits per heavy atom. The Kier molecular flexibility index (Phi) is 5.31. The molecule has 0 spiro atoms. The Bertz CT molecular complexity index is 191. The van der Waals surface area contributed by atoms with Crippen molar-refractivity contribution in [3.05, 3.63) is 0 Å².